The first kappa shape index (κ1) is 6.34. The second-order valence-electron chi connectivity index (χ2n) is 2.42. The van der Waals surface area contributed by atoms with Crippen LogP contribution in [0.3, 0.4) is 0 Å². The zero-order valence-electron chi connectivity index (χ0n) is 5.67. The Bertz CT molecular complexity index is 311. The van der Waals surface area contributed by atoms with E-state index < -0.39 is 6.30 Å². The Morgan fingerprint density at radius 3 is 2.82 bits per heavy atom. The summed E-state index contributed by atoms with van der Waals surface area (Å²) in [5.41, 5.74) is 0.887. The molecule has 56 valence electrons. The van der Waals surface area contributed by atoms with Crippen LogP contribution >= 0.6 is 0 Å². The first-order valence-corrected chi connectivity index (χ1v) is 3.33. The zero-order chi connectivity index (χ0) is 7.84. The van der Waals surface area contributed by atoms with Crippen molar-refractivity contribution in [3.63, 3.8) is 0 Å². The van der Waals surface area contributed by atoms with Crippen molar-refractivity contribution < 1.29 is 9.18 Å². The number of carbonyl (C=O) groups is 1. The summed E-state index contributed by atoms with van der Waals surface area (Å²) < 4.78 is 12.8. The van der Waals surface area contributed by atoms with E-state index in [-0.39, 0.29) is 5.91 Å². The molecule has 0 spiro atoms. The molecule has 0 aromatic heterocycles. The lowest BCUT2D eigenvalue weighted by atomic mass is 10.1. The number of benzene rings is 1. The Morgan fingerprint density at radius 2 is 2.09 bits per heavy atom. The van der Waals surface area contributed by atoms with E-state index in [9.17, 15) is 9.18 Å². The van der Waals surface area contributed by atoms with Crippen molar-refractivity contribution in [2.75, 3.05) is 0 Å². The van der Waals surface area contributed by atoms with Gasteiger partial charge in [-0.05, 0) is 6.07 Å². The average molecular weight is 151 g/mol. The lowest BCUT2D eigenvalue weighted by Gasteiger charge is -1.96. The maximum Gasteiger partial charge on any atom is 0.254 e. The molecule has 0 saturated carbocycles. The molecule has 1 aliphatic rings. The van der Waals surface area contributed by atoms with Crippen LogP contribution in [0.25, 0.3) is 0 Å². The smallest absolute Gasteiger partial charge is 0.254 e. The zero-order valence-corrected chi connectivity index (χ0v) is 5.67. The van der Waals surface area contributed by atoms with Crippen molar-refractivity contribution in [3.8, 4) is 0 Å². The SMILES string of the molecule is O=C1NC(F)c2ccccc21. The molecule has 1 N–H and O–H groups in total. The summed E-state index contributed by atoms with van der Waals surface area (Å²) in [4.78, 5) is 10.9. The molecule has 1 unspecified atom stereocenters. The fourth-order valence-corrected chi connectivity index (χ4v) is 1.20. The Kier molecular flexibility index (Phi) is 1.18. The molecular formula is C8H6FNO. The topological polar surface area (TPSA) is 29.1 Å². The third-order valence-electron chi connectivity index (χ3n) is 1.74. The number of hydrogen-bond acceptors (Lipinski definition) is 1. The van der Waals surface area contributed by atoms with Crippen LogP contribution in [0.2, 0.25) is 0 Å². The second-order valence-corrected chi connectivity index (χ2v) is 2.42. The van der Waals surface area contributed by atoms with E-state index in [2.05, 4.69) is 5.32 Å². The summed E-state index contributed by atoms with van der Waals surface area (Å²) >= 11 is 0. The molecule has 3 heteroatoms. The number of fused-ring (bicyclic) bond motifs is 1. The van der Waals surface area contributed by atoms with Crippen molar-refractivity contribution in [3.05, 3.63) is 35.4 Å². The summed E-state index contributed by atoms with van der Waals surface area (Å²) in [5.74, 6) is -0.326. The highest BCUT2D eigenvalue weighted by atomic mass is 19.1. The van der Waals surface area contributed by atoms with Gasteiger partial charge in [0, 0.05) is 11.1 Å². The molecule has 0 saturated heterocycles. The van der Waals surface area contributed by atoms with Gasteiger partial charge in [0.15, 0.2) is 6.30 Å². The van der Waals surface area contributed by atoms with E-state index >= 15 is 0 Å². The van der Waals surface area contributed by atoms with E-state index in [1.165, 1.54) is 0 Å². The normalized spacial score (nSPS) is 21.2. The lowest BCUT2D eigenvalue weighted by Crippen LogP contribution is -2.15. The minimum atomic E-state index is -1.32. The summed E-state index contributed by atoms with van der Waals surface area (Å²) in [7, 11) is 0. The standard InChI is InChI=1S/C8H6FNO/c9-7-5-3-1-2-4-6(5)8(11)10-7/h1-4,7H,(H,10,11). The largest absolute Gasteiger partial charge is 0.319 e. The average Bonchev–Trinajstić information content (AvgIpc) is 2.30. The molecule has 1 atom stereocenters. The van der Waals surface area contributed by atoms with Gasteiger partial charge < -0.3 is 5.32 Å². The van der Waals surface area contributed by atoms with Gasteiger partial charge in [0.2, 0.25) is 0 Å². The molecule has 0 radical (unpaired) electrons. The number of amides is 1. The van der Waals surface area contributed by atoms with Crippen molar-refractivity contribution in [2.45, 2.75) is 6.30 Å². The van der Waals surface area contributed by atoms with Gasteiger partial charge in [-0.15, -0.1) is 0 Å². The number of alkyl halides is 1. The summed E-state index contributed by atoms with van der Waals surface area (Å²) in [6.07, 6.45) is -1.32. The van der Waals surface area contributed by atoms with E-state index in [1.807, 2.05) is 0 Å². The fourth-order valence-electron chi connectivity index (χ4n) is 1.20. The number of rotatable bonds is 0. The minimum Gasteiger partial charge on any atom is -0.319 e. The van der Waals surface area contributed by atoms with Crippen LogP contribution in [0.5, 0.6) is 0 Å². The van der Waals surface area contributed by atoms with Crippen LogP contribution < -0.4 is 5.32 Å². The Hall–Kier alpha value is -1.38. The fraction of sp³-hybridized carbons (Fsp3) is 0.125. The Labute approximate surface area is 63.0 Å². The molecule has 11 heavy (non-hydrogen) atoms. The van der Waals surface area contributed by atoms with Gasteiger partial charge >= 0.3 is 0 Å². The Morgan fingerprint density at radius 1 is 1.36 bits per heavy atom. The molecule has 1 heterocycles. The molecule has 0 bridgehead atoms. The molecular weight excluding hydrogens is 145 g/mol. The van der Waals surface area contributed by atoms with Crippen LogP contribution in [0.15, 0.2) is 24.3 Å². The Balaban J connectivity index is 2.60. The van der Waals surface area contributed by atoms with Gasteiger partial charge in [-0.2, -0.15) is 0 Å². The van der Waals surface area contributed by atoms with Gasteiger partial charge in [-0.3, -0.25) is 4.79 Å². The molecule has 1 aromatic rings. The van der Waals surface area contributed by atoms with Gasteiger partial charge in [0.25, 0.3) is 5.91 Å². The van der Waals surface area contributed by atoms with E-state index in [1.54, 1.807) is 24.3 Å². The molecule has 0 aliphatic carbocycles. The molecule has 2 rings (SSSR count). The molecule has 1 amide bonds. The van der Waals surface area contributed by atoms with Crippen LogP contribution in [0, 0.1) is 0 Å². The number of carbonyl (C=O) groups excluding carboxylic acids is 1. The molecule has 2 nitrogen and oxygen atoms in total. The maximum atomic E-state index is 12.8. The van der Waals surface area contributed by atoms with E-state index in [0.29, 0.717) is 11.1 Å². The van der Waals surface area contributed by atoms with E-state index in [0.717, 1.165) is 0 Å². The van der Waals surface area contributed by atoms with Crippen molar-refractivity contribution in [1.82, 2.24) is 5.32 Å². The number of nitrogens with one attached hydrogen (secondary N) is 1. The summed E-state index contributed by atoms with van der Waals surface area (Å²) in [5, 5.41) is 2.18. The predicted molar refractivity (Wildman–Crippen MR) is 37.8 cm³/mol. The first-order valence-electron chi connectivity index (χ1n) is 3.33. The van der Waals surface area contributed by atoms with Gasteiger partial charge in [0.05, 0.1) is 0 Å². The third-order valence-corrected chi connectivity index (χ3v) is 1.74. The second kappa shape index (κ2) is 2.05. The summed E-state index contributed by atoms with van der Waals surface area (Å²) in [6.45, 7) is 0. The highest BCUT2D eigenvalue weighted by molar-refractivity contribution is 5.98. The highest BCUT2D eigenvalue weighted by Gasteiger charge is 2.26. The van der Waals surface area contributed by atoms with Crippen LogP contribution in [0.1, 0.15) is 22.2 Å². The maximum absolute atomic E-state index is 12.8. The van der Waals surface area contributed by atoms with Crippen LogP contribution in [0.4, 0.5) is 4.39 Å². The van der Waals surface area contributed by atoms with Crippen molar-refractivity contribution in [2.24, 2.45) is 0 Å². The van der Waals surface area contributed by atoms with Crippen molar-refractivity contribution in [1.29, 1.82) is 0 Å². The highest BCUT2D eigenvalue weighted by Crippen LogP contribution is 2.25. The van der Waals surface area contributed by atoms with Gasteiger partial charge in [-0.25, -0.2) is 4.39 Å². The quantitative estimate of drug-likeness (QED) is 0.558. The number of halogens is 1. The predicted octanol–water partition coefficient (Wildman–Crippen LogP) is 1.40. The monoisotopic (exact) mass is 151 g/mol. The molecule has 0 fully saturated rings. The minimum absolute atomic E-state index is 0.326. The third kappa shape index (κ3) is 0.808. The summed E-state index contributed by atoms with van der Waals surface area (Å²) in [6, 6.07) is 6.66. The van der Waals surface area contributed by atoms with Crippen LogP contribution in [-0.4, -0.2) is 5.91 Å². The lowest BCUT2D eigenvalue weighted by molar-refractivity contribution is 0.0928. The number of hydrogen-bond donors (Lipinski definition) is 1. The van der Waals surface area contributed by atoms with Crippen LogP contribution in [-0.2, 0) is 0 Å². The molecule has 1 aliphatic heterocycles. The molecule has 1 aromatic carbocycles. The van der Waals surface area contributed by atoms with Crippen molar-refractivity contribution >= 4 is 5.91 Å². The van der Waals surface area contributed by atoms with E-state index in [4.69, 9.17) is 0 Å². The first-order chi connectivity index (χ1) is 5.29. The van der Waals surface area contributed by atoms with Gasteiger partial charge in [-0.1, -0.05) is 18.2 Å². The van der Waals surface area contributed by atoms with Gasteiger partial charge in [0.1, 0.15) is 0 Å².